The highest BCUT2D eigenvalue weighted by atomic mass is 16.6. The van der Waals surface area contributed by atoms with Crippen molar-refractivity contribution in [3.05, 3.63) is 64.0 Å². The smallest absolute Gasteiger partial charge is 0.270 e. The molecule has 5 heteroatoms. The van der Waals surface area contributed by atoms with E-state index < -0.39 is 0 Å². The first-order chi connectivity index (χ1) is 9.08. The fourth-order valence-electron chi connectivity index (χ4n) is 1.72. The Morgan fingerprint density at radius 3 is 2.58 bits per heavy atom. The summed E-state index contributed by atoms with van der Waals surface area (Å²) in [6, 6.07) is 9.08. The Bertz CT molecular complexity index is 600. The topological polar surface area (TPSA) is 61.0 Å². The molecule has 0 aliphatic heterocycles. The summed E-state index contributed by atoms with van der Waals surface area (Å²) in [6.07, 6.45) is 4.98. The number of rotatable bonds is 4. The van der Waals surface area contributed by atoms with Gasteiger partial charge in [-0.05, 0) is 26.0 Å². The SMILES string of the molecule is CC(C)n1cc(/C=C(\c2ccccc2)[N+](=O)[O-])cn1. The number of benzene rings is 1. The van der Waals surface area contributed by atoms with Crippen molar-refractivity contribution < 1.29 is 4.92 Å². The van der Waals surface area contributed by atoms with Gasteiger partial charge >= 0.3 is 0 Å². The second-order valence-electron chi connectivity index (χ2n) is 4.50. The van der Waals surface area contributed by atoms with Gasteiger partial charge in [0.05, 0.1) is 16.7 Å². The summed E-state index contributed by atoms with van der Waals surface area (Å²) in [6.45, 7) is 4.01. The van der Waals surface area contributed by atoms with E-state index in [9.17, 15) is 10.1 Å². The van der Waals surface area contributed by atoms with E-state index in [1.807, 2.05) is 19.9 Å². The van der Waals surface area contributed by atoms with Gasteiger partial charge in [0, 0.05) is 23.9 Å². The monoisotopic (exact) mass is 257 g/mol. The molecular formula is C14H15N3O2. The number of hydrogen-bond acceptors (Lipinski definition) is 3. The fraction of sp³-hybridized carbons (Fsp3) is 0.214. The quantitative estimate of drug-likeness (QED) is 0.624. The zero-order valence-electron chi connectivity index (χ0n) is 10.9. The minimum absolute atomic E-state index is 0.0731. The van der Waals surface area contributed by atoms with Crippen LogP contribution in [0.15, 0.2) is 42.7 Å². The molecule has 1 aromatic heterocycles. The Morgan fingerprint density at radius 2 is 2.05 bits per heavy atom. The van der Waals surface area contributed by atoms with Crippen molar-refractivity contribution in [1.29, 1.82) is 0 Å². The molecule has 0 spiro atoms. The lowest BCUT2D eigenvalue weighted by Gasteiger charge is -2.02. The maximum Gasteiger partial charge on any atom is 0.277 e. The third kappa shape index (κ3) is 3.07. The highest BCUT2D eigenvalue weighted by Crippen LogP contribution is 2.19. The second kappa shape index (κ2) is 5.48. The third-order valence-electron chi connectivity index (χ3n) is 2.72. The van der Waals surface area contributed by atoms with Crippen LogP contribution in [0.5, 0.6) is 0 Å². The Hall–Kier alpha value is -2.43. The highest BCUT2D eigenvalue weighted by molar-refractivity contribution is 5.75. The van der Waals surface area contributed by atoms with Crippen molar-refractivity contribution in [2.75, 3.05) is 0 Å². The van der Waals surface area contributed by atoms with Gasteiger partial charge in [-0.3, -0.25) is 14.8 Å². The van der Waals surface area contributed by atoms with Gasteiger partial charge in [0.1, 0.15) is 0 Å². The van der Waals surface area contributed by atoms with Gasteiger partial charge in [-0.25, -0.2) is 0 Å². The maximum absolute atomic E-state index is 11.2. The van der Waals surface area contributed by atoms with E-state index in [2.05, 4.69) is 5.10 Å². The first kappa shape index (κ1) is 13.0. The number of hydrogen-bond donors (Lipinski definition) is 0. The van der Waals surface area contributed by atoms with Crippen LogP contribution in [0.2, 0.25) is 0 Å². The summed E-state index contributed by atoms with van der Waals surface area (Å²) in [7, 11) is 0. The Morgan fingerprint density at radius 1 is 1.37 bits per heavy atom. The van der Waals surface area contributed by atoms with Crippen molar-refractivity contribution in [1.82, 2.24) is 9.78 Å². The van der Waals surface area contributed by atoms with E-state index in [-0.39, 0.29) is 16.7 Å². The fourth-order valence-corrected chi connectivity index (χ4v) is 1.72. The van der Waals surface area contributed by atoms with Gasteiger partial charge in [0.25, 0.3) is 5.70 Å². The first-order valence-electron chi connectivity index (χ1n) is 6.03. The predicted molar refractivity (Wildman–Crippen MR) is 73.9 cm³/mol. The van der Waals surface area contributed by atoms with Gasteiger partial charge < -0.3 is 0 Å². The van der Waals surface area contributed by atoms with Crippen LogP contribution in [0.1, 0.15) is 31.0 Å². The van der Waals surface area contributed by atoms with Crippen LogP contribution in [0, 0.1) is 10.1 Å². The van der Waals surface area contributed by atoms with Gasteiger partial charge in [0.15, 0.2) is 0 Å². The van der Waals surface area contributed by atoms with Crippen LogP contribution in [-0.4, -0.2) is 14.7 Å². The zero-order chi connectivity index (χ0) is 13.8. The summed E-state index contributed by atoms with van der Waals surface area (Å²) < 4.78 is 1.77. The largest absolute Gasteiger partial charge is 0.277 e. The molecule has 19 heavy (non-hydrogen) atoms. The molecule has 0 atom stereocenters. The summed E-state index contributed by atoms with van der Waals surface area (Å²) in [4.78, 5) is 10.8. The third-order valence-corrected chi connectivity index (χ3v) is 2.72. The summed E-state index contributed by atoms with van der Waals surface area (Å²) in [5.41, 5.74) is 1.39. The molecule has 0 saturated heterocycles. The van der Waals surface area contributed by atoms with Crippen molar-refractivity contribution in [3.63, 3.8) is 0 Å². The van der Waals surface area contributed by atoms with E-state index in [1.54, 1.807) is 47.4 Å². The minimum Gasteiger partial charge on any atom is -0.270 e. The molecule has 1 heterocycles. The Balaban J connectivity index is 2.39. The Labute approximate surface area is 111 Å². The molecule has 0 aliphatic rings. The second-order valence-corrected chi connectivity index (χ2v) is 4.50. The van der Waals surface area contributed by atoms with Crippen molar-refractivity contribution in [3.8, 4) is 0 Å². The average Bonchev–Trinajstić information content (AvgIpc) is 2.85. The van der Waals surface area contributed by atoms with Gasteiger partial charge in [-0.15, -0.1) is 0 Å². The van der Waals surface area contributed by atoms with Crippen LogP contribution >= 0.6 is 0 Å². The van der Waals surface area contributed by atoms with Gasteiger partial charge in [0.2, 0.25) is 0 Å². The minimum atomic E-state index is -0.373. The standard InChI is InChI=1S/C14H15N3O2/c1-11(2)16-10-12(9-15-16)8-14(17(18)19)13-6-4-3-5-7-13/h3-11H,1-2H3/b14-8+. The van der Waals surface area contributed by atoms with Crippen molar-refractivity contribution in [2.24, 2.45) is 0 Å². The number of aromatic nitrogens is 2. The predicted octanol–water partition coefficient (Wildman–Crippen LogP) is 3.24. The van der Waals surface area contributed by atoms with Gasteiger partial charge in [-0.1, -0.05) is 18.2 Å². The molecule has 5 nitrogen and oxygen atoms in total. The molecule has 1 aromatic carbocycles. The molecule has 98 valence electrons. The molecule has 0 N–H and O–H groups in total. The summed E-state index contributed by atoms with van der Waals surface area (Å²) in [5, 5.41) is 15.3. The summed E-state index contributed by atoms with van der Waals surface area (Å²) >= 11 is 0. The molecule has 0 bridgehead atoms. The molecule has 0 radical (unpaired) electrons. The lowest BCUT2D eigenvalue weighted by atomic mass is 10.1. The molecule has 2 rings (SSSR count). The van der Waals surface area contributed by atoms with E-state index in [0.29, 0.717) is 5.56 Å². The normalized spacial score (nSPS) is 11.8. The Kier molecular flexibility index (Phi) is 3.75. The lowest BCUT2D eigenvalue weighted by molar-refractivity contribution is -0.374. The average molecular weight is 257 g/mol. The van der Waals surface area contributed by atoms with E-state index in [0.717, 1.165) is 5.56 Å². The molecule has 2 aromatic rings. The molecular weight excluding hydrogens is 242 g/mol. The van der Waals surface area contributed by atoms with E-state index in [4.69, 9.17) is 0 Å². The molecule has 0 saturated carbocycles. The maximum atomic E-state index is 11.2. The van der Waals surface area contributed by atoms with Crippen LogP contribution < -0.4 is 0 Å². The molecule has 0 unspecified atom stereocenters. The molecule has 0 fully saturated rings. The summed E-state index contributed by atoms with van der Waals surface area (Å²) in [5.74, 6) is 0. The lowest BCUT2D eigenvalue weighted by Crippen LogP contribution is -2.00. The van der Waals surface area contributed by atoms with Crippen LogP contribution in [-0.2, 0) is 0 Å². The molecule has 0 aliphatic carbocycles. The van der Waals surface area contributed by atoms with E-state index >= 15 is 0 Å². The molecule has 0 amide bonds. The first-order valence-corrected chi connectivity index (χ1v) is 6.03. The van der Waals surface area contributed by atoms with Crippen LogP contribution in [0.25, 0.3) is 11.8 Å². The van der Waals surface area contributed by atoms with E-state index in [1.165, 1.54) is 0 Å². The number of nitro groups is 1. The van der Waals surface area contributed by atoms with Crippen LogP contribution in [0.4, 0.5) is 0 Å². The number of nitrogens with zero attached hydrogens (tertiary/aromatic N) is 3. The highest BCUT2D eigenvalue weighted by Gasteiger charge is 2.14. The van der Waals surface area contributed by atoms with Crippen molar-refractivity contribution in [2.45, 2.75) is 19.9 Å². The van der Waals surface area contributed by atoms with Crippen molar-refractivity contribution >= 4 is 11.8 Å². The zero-order valence-corrected chi connectivity index (χ0v) is 10.9. The van der Waals surface area contributed by atoms with Gasteiger partial charge in [-0.2, -0.15) is 5.10 Å². The van der Waals surface area contributed by atoms with Crippen LogP contribution in [0.3, 0.4) is 0 Å².